The average molecular weight is 352 g/mol. The van der Waals surface area contributed by atoms with E-state index in [4.69, 9.17) is 4.42 Å². The summed E-state index contributed by atoms with van der Waals surface area (Å²) in [6.45, 7) is 2.27. The molecule has 1 fully saturated rings. The molecule has 0 saturated carbocycles. The highest BCUT2D eigenvalue weighted by molar-refractivity contribution is 9.10. The van der Waals surface area contributed by atoms with Crippen molar-refractivity contribution < 1.29 is 19.1 Å². The Hall–Kier alpha value is -1.82. The molecule has 1 N–H and O–H groups in total. The van der Waals surface area contributed by atoms with Gasteiger partial charge in [0.25, 0.3) is 5.91 Å². The van der Waals surface area contributed by atoms with Gasteiger partial charge >= 0.3 is 5.97 Å². The molecule has 0 unspecified atom stereocenters. The van der Waals surface area contributed by atoms with Gasteiger partial charge in [-0.3, -0.25) is 4.79 Å². The van der Waals surface area contributed by atoms with Crippen LogP contribution in [0.15, 0.2) is 27.1 Å². The molecule has 1 saturated heterocycles. The van der Waals surface area contributed by atoms with Crippen molar-refractivity contribution in [2.24, 2.45) is 0 Å². The number of aliphatic carboxylic acids is 1. The van der Waals surface area contributed by atoms with Crippen molar-refractivity contribution in [3.63, 3.8) is 0 Å². The van der Waals surface area contributed by atoms with E-state index in [0.717, 1.165) is 15.4 Å². The van der Waals surface area contributed by atoms with E-state index in [1.807, 2.05) is 19.1 Å². The summed E-state index contributed by atoms with van der Waals surface area (Å²) in [5, 5.41) is 10.1. The zero-order valence-corrected chi connectivity index (χ0v) is 13.0. The van der Waals surface area contributed by atoms with Crippen LogP contribution in [0.3, 0.4) is 0 Å². The number of rotatable bonds is 2. The van der Waals surface area contributed by atoms with E-state index in [-0.39, 0.29) is 11.7 Å². The maximum Gasteiger partial charge on any atom is 0.326 e. The average Bonchev–Trinajstić information content (AvgIpc) is 3.04. The minimum absolute atomic E-state index is 0.233. The first-order valence-corrected chi connectivity index (χ1v) is 7.51. The van der Waals surface area contributed by atoms with Gasteiger partial charge in [0, 0.05) is 22.0 Å². The zero-order valence-electron chi connectivity index (χ0n) is 11.4. The molecule has 0 aliphatic carbocycles. The Kier molecular flexibility index (Phi) is 3.49. The van der Waals surface area contributed by atoms with E-state index in [9.17, 15) is 14.7 Å². The normalized spacial score (nSPS) is 18.4. The second-order valence-corrected chi connectivity index (χ2v) is 6.11. The molecular formula is C15H14BrNO4. The Morgan fingerprint density at radius 1 is 1.43 bits per heavy atom. The second kappa shape index (κ2) is 5.18. The minimum atomic E-state index is -0.961. The molecule has 110 valence electrons. The van der Waals surface area contributed by atoms with Crippen LogP contribution in [-0.2, 0) is 4.79 Å². The summed E-state index contributed by atoms with van der Waals surface area (Å²) in [4.78, 5) is 25.2. The lowest BCUT2D eigenvalue weighted by atomic mass is 10.1. The summed E-state index contributed by atoms with van der Waals surface area (Å²) in [6, 6.07) is 4.78. The number of carboxylic acid groups (broad SMARTS) is 1. The fraction of sp³-hybridized carbons (Fsp3) is 0.333. The van der Waals surface area contributed by atoms with Crippen LogP contribution >= 0.6 is 15.9 Å². The highest BCUT2D eigenvalue weighted by Crippen LogP contribution is 2.30. The van der Waals surface area contributed by atoms with Crippen LogP contribution in [-0.4, -0.2) is 34.5 Å². The first kappa shape index (κ1) is 14.1. The van der Waals surface area contributed by atoms with Gasteiger partial charge in [-0.1, -0.05) is 15.9 Å². The number of carbonyl (C=O) groups excluding carboxylic acids is 1. The number of nitrogens with zero attached hydrogens (tertiary/aromatic N) is 1. The number of benzene rings is 1. The van der Waals surface area contributed by atoms with Crippen molar-refractivity contribution in [3.8, 4) is 0 Å². The lowest BCUT2D eigenvalue weighted by molar-refractivity contribution is -0.141. The molecule has 6 heteroatoms. The lowest BCUT2D eigenvalue weighted by Crippen LogP contribution is -2.40. The molecule has 2 aromatic rings. The van der Waals surface area contributed by atoms with E-state index in [2.05, 4.69) is 15.9 Å². The molecule has 0 spiro atoms. The molecule has 1 aliphatic heterocycles. The SMILES string of the molecule is Cc1c(C(=O)N2CCC[C@H]2C(=O)O)oc2ccc(Br)cc12. The molecule has 3 rings (SSSR count). The van der Waals surface area contributed by atoms with Crippen molar-refractivity contribution in [1.82, 2.24) is 4.90 Å². The molecule has 0 radical (unpaired) electrons. The number of hydrogen-bond donors (Lipinski definition) is 1. The number of carbonyl (C=O) groups is 2. The third kappa shape index (κ3) is 2.33. The van der Waals surface area contributed by atoms with Crippen LogP contribution in [0.25, 0.3) is 11.0 Å². The van der Waals surface area contributed by atoms with Crippen LogP contribution in [0, 0.1) is 6.92 Å². The molecule has 21 heavy (non-hydrogen) atoms. The van der Waals surface area contributed by atoms with Crippen LogP contribution in [0.2, 0.25) is 0 Å². The van der Waals surface area contributed by atoms with E-state index in [1.54, 1.807) is 6.07 Å². The first-order valence-electron chi connectivity index (χ1n) is 6.71. The van der Waals surface area contributed by atoms with E-state index in [0.29, 0.717) is 25.0 Å². The van der Waals surface area contributed by atoms with Gasteiger partial charge in [-0.05, 0) is 38.0 Å². The largest absolute Gasteiger partial charge is 0.480 e. The van der Waals surface area contributed by atoms with Crippen LogP contribution < -0.4 is 0 Å². The number of halogens is 1. The quantitative estimate of drug-likeness (QED) is 0.901. The Bertz CT molecular complexity index is 737. The highest BCUT2D eigenvalue weighted by Gasteiger charge is 2.36. The van der Waals surface area contributed by atoms with E-state index >= 15 is 0 Å². The number of furan rings is 1. The Balaban J connectivity index is 2.02. The van der Waals surface area contributed by atoms with Gasteiger partial charge < -0.3 is 14.4 Å². The van der Waals surface area contributed by atoms with Gasteiger partial charge in [-0.2, -0.15) is 0 Å². The molecule has 1 aliphatic rings. The molecule has 1 aromatic carbocycles. The lowest BCUT2D eigenvalue weighted by Gasteiger charge is -2.20. The zero-order chi connectivity index (χ0) is 15.1. The van der Waals surface area contributed by atoms with Crippen molar-refractivity contribution in [3.05, 3.63) is 34.0 Å². The van der Waals surface area contributed by atoms with Crippen molar-refractivity contribution in [2.75, 3.05) is 6.54 Å². The van der Waals surface area contributed by atoms with Crippen LogP contribution in [0.5, 0.6) is 0 Å². The van der Waals surface area contributed by atoms with Crippen LogP contribution in [0.4, 0.5) is 0 Å². The van der Waals surface area contributed by atoms with Gasteiger partial charge in [0.2, 0.25) is 0 Å². The monoisotopic (exact) mass is 351 g/mol. The summed E-state index contributed by atoms with van der Waals surface area (Å²) in [7, 11) is 0. The Labute approximate surface area is 129 Å². The van der Waals surface area contributed by atoms with Gasteiger partial charge in [0.1, 0.15) is 11.6 Å². The summed E-state index contributed by atoms with van der Waals surface area (Å²) in [6.07, 6.45) is 1.19. The molecule has 5 nitrogen and oxygen atoms in total. The summed E-state index contributed by atoms with van der Waals surface area (Å²) < 4.78 is 6.56. The third-order valence-electron chi connectivity index (χ3n) is 3.89. The summed E-state index contributed by atoms with van der Waals surface area (Å²) in [5.41, 5.74) is 1.37. The first-order chi connectivity index (χ1) is 9.99. The summed E-state index contributed by atoms with van der Waals surface area (Å²) >= 11 is 3.39. The predicted molar refractivity (Wildman–Crippen MR) is 80.3 cm³/mol. The van der Waals surface area contributed by atoms with Gasteiger partial charge in [-0.25, -0.2) is 4.79 Å². The number of fused-ring (bicyclic) bond motifs is 1. The van der Waals surface area contributed by atoms with Gasteiger partial charge in [-0.15, -0.1) is 0 Å². The number of amides is 1. The maximum absolute atomic E-state index is 12.6. The topological polar surface area (TPSA) is 70.8 Å². The van der Waals surface area contributed by atoms with Crippen molar-refractivity contribution >= 4 is 38.8 Å². The number of likely N-dealkylation sites (tertiary alicyclic amines) is 1. The molecule has 1 aromatic heterocycles. The standard InChI is InChI=1S/C15H14BrNO4/c1-8-10-7-9(16)4-5-12(10)21-13(8)14(18)17-6-2-3-11(17)15(19)20/h4-5,7,11H,2-3,6H2,1H3,(H,19,20)/t11-/m0/s1. The number of aryl methyl sites for hydroxylation is 1. The Morgan fingerprint density at radius 3 is 2.90 bits per heavy atom. The predicted octanol–water partition coefficient (Wildman–Crippen LogP) is 3.19. The minimum Gasteiger partial charge on any atom is -0.480 e. The van der Waals surface area contributed by atoms with E-state index in [1.165, 1.54) is 4.90 Å². The van der Waals surface area contributed by atoms with Gasteiger partial charge in [0.15, 0.2) is 5.76 Å². The summed E-state index contributed by atoms with van der Waals surface area (Å²) in [5.74, 6) is -1.07. The smallest absolute Gasteiger partial charge is 0.326 e. The van der Waals surface area contributed by atoms with Crippen molar-refractivity contribution in [2.45, 2.75) is 25.8 Å². The molecule has 0 bridgehead atoms. The maximum atomic E-state index is 12.6. The van der Waals surface area contributed by atoms with E-state index < -0.39 is 12.0 Å². The number of carboxylic acids is 1. The van der Waals surface area contributed by atoms with Gasteiger partial charge in [0.05, 0.1) is 0 Å². The highest BCUT2D eigenvalue weighted by atomic mass is 79.9. The fourth-order valence-corrected chi connectivity index (χ4v) is 3.16. The molecular weight excluding hydrogens is 338 g/mol. The molecule has 1 amide bonds. The van der Waals surface area contributed by atoms with Crippen LogP contribution in [0.1, 0.15) is 29.0 Å². The second-order valence-electron chi connectivity index (χ2n) is 5.19. The molecule has 1 atom stereocenters. The Morgan fingerprint density at radius 2 is 2.19 bits per heavy atom. The fourth-order valence-electron chi connectivity index (χ4n) is 2.79. The third-order valence-corrected chi connectivity index (χ3v) is 4.38. The molecule has 2 heterocycles. The number of hydrogen-bond acceptors (Lipinski definition) is 3. The van der Waals surface area contributed by atoms with Crippen molar-refractivity contribution in [1.29, 1.82) is 0 Å².